The zero-order chi connectivity index (χ0) is 14.0. The van der Waals surface area contributed by atoms with E-state index in [1.165, 1.54) is 45.3 Å². The van der Waals surface area contributed by atoms with Gasteiger partial charge in [-0.1, -0.05) is 27.2 Å². The van der Waals surface area contributed by atoms with Crippen molar-refractivity contribution in [2.24, 2.45) is 17.6 Å². The Morgan fingerprint density at radius 3 is 2.58 bits per heavy atom. The molecule has 2 fully saturated rings. The van der Waals surface area contributed by atoms with E-state index in [0.29, 0.717) is 6.04 Å². The van der Waals surface area contributed by atoms with Gasteiger partial charge in [-0.25, -0.2) is 0 Å². The van der Waals surface area contributed by atoms with Crippen LogP contribution in [0.15, 0.2) is 0 Å². The van der Waals surface area contributed by atoms with Crippen LogP contribution in [-0.4, -0.2) is 54.6 Å². The summed E-state index contributed by atoms with van der Waals surface area (Å²) in [5.41, 5.74) is 6.56. The topological polar surface area (TPSA) is 32.5 Å². The first-order valence-electron chi connectivity index (χ1n) is 8.18. The normalized spacial score (nSPS) is 42.5. The predicted molar refractivity (Wildman–Crippen MR) is 82.2 cm³/mol. The van der Waals surface area contributed by atoms with Gasteiger partial charge < -0.3 is 10.6 Å². The van der Waals surface area contributed by atoms with Crippen LogP contribution in [0, 0.1) is 11.8 Å². The van der Waals surface area contributed by atoms with Gasteiger partial charge in [0.15, 0.2) is 0 Å². The first kappa shape index (κ1) is 15.3. The summed E-state index contributed by atoms with van der Waals surface area (Å²) < 4.78 is 0. The Balaban J connectivity index is 2.16. The summed E-state index contributed by atoms with van der Waals surface area (Å²) in [6.07, 6.45) is 5.28. The van der Waals surface area contributed by atoms with Crippen LogP contribution in [0.4, 0.5) is 0 Å². The highest BCUT2D eigenvalue weighted by Crippen LogP contribution is 2.41. The van der Waals surface area contributed by atoms with E-state index >= 15 is 0 Å². The fourth-order valence-corrected chi connectivity index (χ4v) is 4.36. The second-order valence-corrected chi connectivity index (χ2v) is 7.08. The van der Waals surface area contributed by atoms with Gasteiger partial charge in [0.25, 0.3) is 0 Å². The summed E-state index contributed by atoms with van der Waals surface area (Å²) >= 11 is 0. The van der Waals surface area contributed by atoms with Crippen LogP contribution in [0.2, 0.25) is 0 Å². The lowest BCUT2D eigenvalue weighted by Crippen LogP contribution is -2.66. The summed E-state index contributed by atoms with van der Waals surface area (Å²) in [5, 5.41) is 0. The average Bonchev–Trinajstić information content (AvgIpc) is 2.42. The van der Waals surface area contributed by atoms with Crippen LogP contribution in [0.3, 0.4) is 0 Å². The first-order chi connectivity index (χ1) is 9.03. The van der Waals surface area contributed by atoms with E-state index in [4.69, 9.17) is 5.73 Å². The van der Waals surface area contributed by atoms with E-state index in [2.05, 4.69) is 37.6 Å². The Bertz CT molecular complexity index is 294. The fourth-order valence-electron chi connectivity index (χ4n) is 4.36. The van der Waals surface area contributed by atoms with Crippen molar-refractivity contribution >= 4 is 0 Å². The number of nitrogens with two attached hydrogens (primary N) is 1. The Morgan fingerprint density at radius 1 is 1.21 bits per heavy atom. The Labute approximate surface area is 119 Å². The SMILES string of the molecule is CCC1CN(C2(CN)CC(C)CCC2C)CCN1C. The number of nitrogens with zero attached hydrogens (tertiary/aromatic N) is 2. The van der Waals surface area contributed by atoms with Crippen molar-refractivity contribution in [3.63, 3.8) is 0 Å². The molecule has 0 amide bonds. The largest absolute Gasteiger partial charge is 0.329 e. The van der Waals surface area contributed by atoms with Crippen molar-refractivity contribution in [3.05, 3.63) is 0 Å². The quantitative estimate of drug-likeness (QED) is 0.850. The highest BCUT2D eigenvalue weighted by atomic mass is 15.3. The van der Waals surface area contributed by atoms with Gasteiger partial charge in [0.05, 0.1) is 0 Å². The standard InChI is InChI=1S/C16H33N3/c1-5-15-11-19(9-8-18(15)4)16(12-17)10-13(2)6-7-14(16)3/h13-15H,5-12,17H2,1-4H3. The van der Waals surface area contributed by atoms with Crippen LogP contribution in [-0.2, 0) is 0 Å². The first-order valence-corrected chi connectivity index (χ1v) is 8.18. The van der Waals surface area contributed by atoms with Gasteiger partial charge in [0.1, 0.15) is 0 Å². The molecule has 1 heterocycles. The highest BCUT2D eigenvalue weighted by Gasteiger charge is 2.45. The van der Waals surface area contributed by atoms with Crippen molar-refractivity contribution in [1.29, 1.82) is 0 Å². The van der Waals surface area contributed by atoms with Gasteiger partial charge in [0.2, 0.25) is 0 Å². The van der Waals surface area contributed by atoms with Crippen LogP contribution in [0.5, 0.6) is 0 Å². The molecule has 4 atom stereocenters. The number of hydrogen-bond acceptors (Lipinski definition) is 3. The lowest BCUT2D eigenvalue weighted by Gasteiger charge is -2.55. The molecule has 3 heteroatoms. The van der Waals surface area contributed by atoms with Crippen molar-refractivity contribution in [2.45, 2.75) is 58.0 Å². The van der Waals surface area contributed by atoms with E-state index in [0.717, 1.165) is 18.4 Å². The third kappa shape index (κ3) is 2.84. The molecular weight excluding hydrogens is 234 g/mol. The van der Waals surface area contributed by atoms with Crippen LogP contribution < -0.4 is 5.73 Å². The maximum atomic E-state index is 6.29. The highest BCUT2D eigenvalue weighted by molar-refractivity contribution is 5.02. The number of hydrogen-bond donors (Lipinski definition) is 1. The molecule has 1 aliphatic heterocycles. The Morgan fingerprint density at radius 2 is 1.95 bits per heavy atom. The molecule has 0 spiro atoms. The van der Waals surface area contributed by atoms with Gasteiger partial charge in [-0.05, 0) is 38.1 Å². The monoisotopic (exact) mass is 267 g/mol. The fraction of sp³-hybridized carbons (Fsp3) is 1.00. The minimum Gasteiger partial charge on any atom is -0.329 e. The van der Waals surface area contributed by atoms with Crippen molar-refractivity contribution in [2.75, 3.05) is 33.2 Å². The summed E-state index contributed by atoms with van der Waals surface area (Å²) in [7, 11) is 2.27. The molecule has 4 unspecified atom stereocenters. The van der Waals surface area contributed by atoms with Gasteiger partial charge in [-0.3, -0.25) is 4.90 Å². The minimum atomic E-state index is 0.270. The smallest absolute Gasteiger partial charge is 0.0360 e. The molecule has 3 nitrogen and oxygen atoms in total. The minimum absolute atomic E-state index is 0.270. The van der Waals surface area contributed by atoms with Crippen LogP contribution >= 0.6 is 0 Å². The molecule has 1 saturated carbocycles. The van der Waals surface area contributed by atoms with Crippen molar-refractivity contribution in [3.8, 4) is 0 Å². The zero-order valence-electron chi connectivity index (χ0n) is 13.4. The van der Waals surface area contributed by atoms with Gasteiger partial charge in [-0.15, -0.1) is 0 Å². The third-order valence-corrected chi connectivity index (χ3v) is 5.94. The van der Waals surface area contributed by atoms with Crippen LogP contribution in [0.25, 0.3) is 0 Å². The molecule has 0 aromatic carbocycles. The average molecular weight is 267 g/mol. The molecule has 1 saturated heterocycles. The lowest BCUT2D eigenvalue weighted by molar-refractivity contribution is -0.0460. The summed E-state index contributed by atoms with van der Waals surface area (Å²) in [5.74, 6) is 1.58. The molecule has 1 aliphatic carbocycles. The molecule has 2 aliphatic rings. The summed E-state index contributed by atoms with van der Waals surface area (Å²) in [4.78, 5) is 5.28. The van der Waals surface area contributed by atoms with E-state index in [-0.39, 0.29) is 5.54 Å². The van der Waals surface area contributed by atoms with E-state index in [1.807, 2.05) is 0 Å². The summed E-state index contributed by atoms with van der Waals surface area (Å²) in [6.45, 7) is 11.6. The number of rotatable bonds is 3. The van der Waals surface area contributed by atoms with Crippen molar-refractivity contribution in [1.82, 2.24) is 9.80 Å². The zero-order valence-corrected chi connectivity index (χ0v) is 13.4. The third-order valence-electron chi connectivity index (χ3n) is 5.94. The maximum Gasteiger partial charge on any atom is 0.0360 e. The van der Waals surface area contributed by atoms with Crippen LogP contribution in [0.1, 0.15) is 46.5 Å². The maximum absolute atomic E-state index is 6.29. The molecule has 19 heavy (non-hydrogen) atoms. The Hall–Kier alpha value is -0.120. The molecule has 112 valence electrons. The predicted octanol–water partition coefficient (Wildman–Crippen LogP) is 2.17. The number of piperazine rings is 1. The molecule has 2 rings (SSSR count). The molecule has 0 radical (unpaired) electrons. The molecule has 0 aromatic heterocycles. The summed E-state index contributed by atoms with van der Waals surface area (Å²) in [6, 6.07) is 0.710. The second-order valence-electron chi connectivity index (χ2n) is 7.08. The van der Waals surface area contributed by atoms with E-state index in [1.54, 1.807) is 0 Å². The molecule has 2 N–H and O–H groups in total. The molecular formula is C16H33N3. The van der Waals surface area contributed by atoms with Gasteiger partial charge in [0, 0.05) is 37.8 Å². The lowest BCUT2D eigenvalue weighted by atomic mass is 9.68. The number of likely N-dealkylation sites (N-methyl/N-ethyl adjacent to an activating group) is 1. The van der Waals surface area contributed by atoms with Gasteiger partial charge >= 0.3 is 0 Å². The Kier molecular flexibility index (Phi) is 4.91. The molecule has 0 aromatic rings. The molecule has 0 bridgehead atoms. The van der Waals surface area contributed by atoms with E-state index < -0.39 is 0 Å². The van der Waals surface area contributed by atoms with Crippen molar-refractivity contribution < 1.29 is 0 Å². The second kappa shape index (κ2) is 6.11. The van der Waals surface area contributed by atoms with Gasteiger partial charge in [-0.2, -0.15) is 0 Å². The van der Waals surface area contributed by atoms with E-state index in [9.17, 15) is 0 Å².